The second-order valence-electron chi connectivity index (χ2n) is 2.37. The minimum absolute atomic E-state index is 0.650. The molecule has 0 amide bonds. The number of halogens is 2. The van der Waals surface area contributed by atoms with E-state index in [1.54, 1.807) is 0 Å². The molecule has 13 heavy (non-hydrogen) atoms. The van der Waals surface area contributed by atoms with E-state index in [9.17, 15) is 0 Å². The summed E-state index contributed by atoms with van der Waals surface area (Å²) in [5.74, 6) is 1.35. The first-order chi connectivity index (χ1) is 6.31. The lowest BCUT2D eigenvalue weighted by molar-refractivity contribution is 0.507. The topological polar surface area (TPSA) is 39.2 Å². The highest BCUT2D eigenvalue weighted by atomic mass is 79.9. The average Bonchev–Trinajstić information content (AvgIpc) is 2.71. The summed E-state index contributed by atoms with van der Waals surface area (Å²) in [4.78, 5) is 4.03. The van der Waals surface area contributed by atoms with Crippen molar-refractivity contribution in [2.24, 2.45) is 0 Å². The summed E-state index contributed by atoms with van der Waals surface area (Å²) in [6, 6.07) is 3.65. The number of hydrogen-bond acceptors (Lipinski definition) is 3. The van der Waals surface area contributed by atoms with Crippen molar-refractivity contribution in [1.82, 2.24) is 4.98 Å². The van der Waals surface area contributed by atoms with Crippen molar-refractivity contribution in [2.75, 3.05) is 0 Å². The molecule has 0 aromatic carbocycles. The summed E-state index contributed by atoms with van der Waals surface area (Å²) in [6.07, 6.45) is 1.41. The van der Waals surface area contributed by atoms with Gasteiger partial charge in [0.1, 0.15) is 5.69 Å². The largest absolute Gasteiger partial charge is 0.446 e. The van der Waals surface area contributed by atoms with Crippen molar-refractivity contribution < 1.29 is 8.83 Å². The van der Waals surface area contributed by atoms with E-state index in [0.717, 1.165) is 5.69 Å². The van der Waals surface area contributed by atoms with Gasteiger partial charge in [0, 0.05) is 5.33 Å². The molecule has 0 aliphatic rings. The SMILES string of the molecule is BrCc1ncoc1-c1ccc(Br)o1. The van der Waals surface area contributed by atoms with Gasteiger partial charge in [0.2, 0.25) is 0 Å². The molecule has 0 aliphatic carbocycles. The average molecular weight is 307 g/mol. The molecular weight excluding hydrogens is 302 g/mol. The Kier molecular flexibility index (Phi) is 2.55. The van der Waals surface area contributed by atoms with Gasteiger partial charge in [-0.1, -0.05) is 15.9 Å². The van der Waals surface area contributed by atoms with E-state index in [4.69, 9.17) is 8.83 Å². The number of alkyl halides is 1. The van der Waals surface area contributed by atoms with Crippen LogP contribution in [0.5, 0.6) is 0 Å². The third kappa shape index (κ3) is 1.71. The quantitative estimate of drug-likeness (QED) is 0.796. The fourth-order valence-electron chi connectivity index (χ4n) is 1.00. The minimum Gasteiger partial charge on any atom is -0.446 e. The Morgan fingerprint density at radius 1 is 1.38 bits per heavy atom. The normalized spacial score (nSPS) is 10.6. The zero-order chi connectivity index (χ0) is 9.26. The highest BCUT2D eigenvalue weighted by Crippen LogP contribution is 2.28. The lowest BCUT2D eigenvalue weighted by atomic mass is 10.3. The Balaban J connectivity index is 2.45. The van der Waals surface area contributed by atoms with E-state index in [-0.39, 0.29) is 0 Å². The Labute approximate surface area is 91.4 Å². The first-order valence-electron chi connectivity index (χ1n) is 3.55. The van der Waals surface area contributed by atoms with Gasteiger partial charge in [0.25, 0.3) is 0 Å². The van der Waals surface area contributed by atoms with Gasteiger partial charge in [-0.15, -0.1) is 0 Å². The third-order valence-electron chi connectivity index (χ3n) is 1.56. The van der Waals surface area contributed by atoms with E-state index in [1.165, 1.54) is 6.39 Å². The summed E-state index contributed by atoms with van der Waals surface area (Å²) in [7, 11) is 0. The van der Waals surface area contributed by atoms with Gasteiger partial charge in [0.15, 0.2) is 22.6 Å². The van der Waals surface area contributed by atoms with Crippen molar-refractivity contribution in [3.63, 3.8) is 0 Å². The zero-order valence-corrected chi connectivity index (χ0v) is 9.63. The summed E-state index contributed by atoms with van der Waals surface area (Å²) < 4.78 is 11.2. The van der Waals surface area contributed by atoms with E-state index < -0.39 is 0 Å². The van der Waals surface area contributed by atoms with E-state index in [0.29, 0.717) is 21.5 Å². The van der Waals surface area contributed by atoms with Crippen LogP contribution in [0.15, 0.2) is 32.0 Å². The molecule has 0 saturated carbocycles. The molecule has 0 atom stereocenters. The fraction of sp³-hybridized carbons (Fsp3) is 0.125. The molecule has 68 valence electrons. The van der Waals surface area contributed by atoms with Crippen LogP contribution in [-0.2, 0) is 5.33 Å². The maximum absolute atomic E-state index is 5.33. The molecule has 0 fully saturated rings. The van der Waals surface area contributed by atoms with E-state index in [2.05, 4.69) is 36.8 Å². The lowest BCUT2D eigenvalue weighted by Crippen LogP contribution is -1.79. The van der Waals surface area contributed by atoms with Crippen LogP contribution in [0.1, 0.15) is 5.69 Å². The van der Waals surface area contributed by atoms with Crippen LogP contribution < -0.4 is 0 Å². The molecule has 0 radical (unpaired) electrons. The first kappa shape index (κ1) is 9.02. The number of oxazole rings is 1. The molecule has 2 aromatic rings. The molecule has 2 heterocycles. The molecule has 5 heteroatoms. The van der Waals surface area contributed by atoms with Gasteiger partial charge in [-0.3, -0.25) is 0 Å². The van der Waals surface area contributed by atoms with Gasteiger partial charge < -0.3 is 8.83 Å². The molecule has 0 unspecified atom stereocenters. The number of aromatic nitrogens is 1. The van der Waals surface area contributed by atoms with Gasteiger partial charge in [0.05, 0.1) is 0 Å². The third-order valence-corrected chi connectivity index (χ3v) is 2.52. The Morgan fingerprint density at radius 3 is 2.85 bits per heavy atom. The Hall–Kier alpha value is -0.550. The predicted molar refractivity (Wildman–Crippen MR) is 54.5 cm³/mol. The van der Waals surface area contributed by atoms with Crippen LogP contribution in [0.25, 0.3) is 11.5 Å². The van der Waals surface area contributed by atoms with Crippen molar-refractivity contribution in [3.05, 3.63) is 28.9 Å². The molecule has 2 rings (SSSR count). The number of nitrogens with zero attached hydrogens (tertiary/aromatic N) is 1. The van der Waals surface area contributed by atoms with Gasteiger partial charge in [-0.2, -0.15) is 0 Å². The highest BCUT2D eigenvalue weighted by Gasteiger charge is 2.12. The molecule has 0 N–H and O–H groups in total. The van der Waals surface area contributed by atoms with Gasteiger partial charge in [-0.25, -0.2) is 4.98 Å². The molecule has 0 saturated heterocycles. The number of furan rings is 1. The summed E-state index contributed by atoms with van der Waals surface area (Å²) >= 11 is 6.54. The molecule has 0 spiro atoms. The lowest BCUT2D eigenvalue weighted by Gasteiger charge is -1.91. The highest BCUT2D eigenvalue weighted by molar-refractivity contribution is 9.10. The van der Waals surface area contributed by atoms with Crippen LogP contribution >= 0.6 is 31.9 Å². The zero-order valence-electron chi connectivity index (χ0n) is 6.46. The van der Waals surface area contributed by atoms with Crippen molar-refractivity contribution in [2.45, 2.75) is 5.33 Å². The van der Waals surface area contributed by atoms with Crippen molar-refractivity contribution >= 4 is 31.9 Å². The van der Waals surface area contributed by atoms with Crippen LogP contribution in [0.2, 0.25) is 0 Å². The van der Waals surface area contributed by atoms with Crippen LogP contribution in [-0.4, -0.2) is 4.98 Å². The molecule has 3 nitrogen and oxygen atoms in total. The smallest absolute Gasteiger partial charge is 0.193 e. The van der Waals surface area contributed by atoms with Crippen molar-refractivity contribution in [1.29, 1.82) is 0 Å². The summed E-state index contributed by atoms with van der Waals surface area (Å²) in [6.45, 7) is 0. The Bertz CT molecular complexity index is 408. The van der Waals surface area contributed by atoms with Crippen molar-refractivity contribution in [3.8, 4) is 11.5 Å². The minimum atomic E-state index is 0.650. The molecule has 2 aromatic heterocycles. The molecule has 0 bridgehead atoms. The summed E-state index contributed by atoms with van der Waals surface area (Å²) in [5, 5.41) is 0.650. The van der Waals surface area contributed by atoms with E-state index in [1.807, 2.05) is 12.1 Å². The number of rotatable bonds is 2. The Morgan fingerprint density at radius 2 is 2.23 bits per heavy atom. The second kappa shape index (κ2) is 3.67. The molecule has 0 aliphatic heterocycles. The maximum Gasteiger partial charge on any atom is 0.193 e. The fourth-order valence-corrected chi connectivity index (χ4v) is 1.71. The monoisotopic (exact) mass is 305 g/mol. The standard InChI is InChI=1S/C8H5Br2NO2/c9-3-5-8(12-4-11-5)6-1-2-7(10)13-6/h1-2,4H,3H2. The van der Waals surface area contributed by atoms with E-state index >= 15 is 0 Å². The van der Waals surface area contributed by atoms with Gasteiger partial charge in [-0.05, 0) is 28.1 Å². The first-order valence-corrected chi connectivity index (χ1v) is 5.46. The summed E-state index contributed by atoms with van der Waals surface area (Å²) in [5.41, 5.74) is 0.835. The number of hydrogen-bond donors (Lipinski definition) is 0. The van der Waals surface area contributed by atoms with Crippen LogP contribution in [0.4, 0.5) is 0 Å². The second-order valence-corrected chi connectivity index (χ2v) is 3.71. The van der Waals surface area contributed by atoms with Crippen LogP contribution in [0, 0.1) is 0 Å². The van der Waals surface area contributed by atoms with Gasteiger partial charge >= 0.3 is 0 Å². The molecular formula is C8H5Br2NO2. The predicted octanol–water partition coefficient (Wildman–Crippen LogP) is 3.59. The van der Waals surface area contributed by atoms with Crippen LogP contribution in [0.3, 0.4) is 0 Å². The maximum atomic E-state index is 5.33.